The van der Waals surface area contributed by atoms with Crippen LogP contribution in [0.15, 0.2) is 29.5 Å². The van der Waals surface area contributed by atoms with Crippen LogP contribution in [0.1, 0.15) is 11.1 Å². The fourth-order valence-corrected chi connectivity index (χ4v) is 1.66. The van der Waals surface area contributed by atoms with E-state index in [4.69, 9.17) is 16.3 Å². The molecule has 0 saturated carbocycles. The van der Waals surface area contributed by atoms with Crippen molar-refractivity contribution in [2.75, 3.05) is 13.7 Å². The summed E-state index contributed by atoms with van der Waals surface area (Å²) in [7, 11) is 1.63. The number of halogens is 1. The first-order valence-electron chi connectivity index (χ1n) is 4.33. The van der Waals surface area contributed by atoms with E-state index in [1.807, 2.05) is 24.4 Å². The predicted molar refractivity (Wildman–Crippen MR) is 58.9 cm³/mol. The Morgan fingerprint density at radius 2 is 2.36 bits per heavy atom. The second-order valence-electron chi connectivity index (χ2n) is 3.08. The maximum atomic E-state index is 5.93. The standard InChI is InChI=1S/C11H10ClNO/c1-14-7-9-6-13-5-8-2-3-10(12)4-11(8)9/h2-5,7H,6H2,1H3/b9-7-. The molecule has 2 rings (SSSR count). The fraction of sp³-hybridized carbons (Fsp3) is 0.182. The number of rotatable bonds is 1. The van der Waals surface area contributed by atoms with Gasteiger partial charge in [0.2, 0.25) is 0 Å². The van der Waals surface area contributed by atoms with Crippen molar-refractivity contribution >= 4 is 23.4 Å². The van der Waals surface area contributed by atoms with Crippen molar-refractivity contribution in [1.29, 1.82) is 0 Å². The normalized spacial score (nSPS) is 16.9. The van der Waals surface area contributed by atoms with Crippen LogP contribution in [0.5, 0.6) is 0 Å². The summed E-state index contributed by atoms with van der Waals surface area (Å²) in [6.07, 6.45) is 3.57. The van der Waals surface area contributed by atoms with Crippen LogP contribution in [0.3, 0.4) is 0 Å². The first kappa shape index (κ1) is 9.28. The SMILES string of the molecule is CO/C=C1/CN=Cc2ccc(Cl)cc21. The zero-order valence-electron chi connectivity index (χ0n) is 7.83. The average molecular weight is 208 g/mol. The number of ether oxygens (including phenoxy) is 1. The van der Waals surface area contributed by atoms with Gasteiger partial charge in [0.1, 0.15) is 0 Å². The number of methoxy groups -OCH3 is 1. The Kier molecular flexibility index (Phi) is 2.55. The Morgan fingerprint density at radius 3 is 3.14 bits per heavy atom. The maximum Gasteiger partial charge on any atom is 0.0881 e. The Labute approximate surface area is 87.9 Å². The lowest BCUT2D eigenvalue weighted by molar-refractivity contribution is 0.339. The molecule has 3 heteroatoms. The molecule has 1 aromatic rings. The minimum absolute atomic E-state index is 0.654. The van der Waals surface area contributed by atoms with Gasteiger partial charge in [-0.05, 0) is 17.7 Å². The van der Waals surface area contributed by atoms with Gasteiger partial charge in [-0.1, -0.05) is 17.7 Å². The van der Waals surface area contributed by atoms with Crippen LogP contribution in [0, 0.1) is 0 Å². The Bertz CT molecular complexity index is 410. The second-order valence-corrected chi connectivity index (χ2v) is 3.52. The predicted octanol–water partition coefficient (Wildman–Crippen LogP) is 2.76. The number of aliphatic imine (C=N–C) groups is 1. The van der Waals surface area contributed by atoms with Gasteiger partial charge in [-0.15, -0.1) is 0 Å². The molecule has 0 N–H and O–H groups in total. The van der Waals surface area contributed by atoms with Crippen LogP contribution >= 0.6 is 11.6 Å². The molecular formula is C11H10ClNO. The van der Waals surface area contributed by atoms with Gasteiger partial charge in [0.15, 0.2) is 0 Å². The smallest absolute Gasteiger partial charge is 0.0881 e. The van der Waals surface area contributed by atoms with E-state index in [-0.39, 0.29) is 0 Å². The summed E-state index contributed by atoms with van der Waals surface area (Å²) < 4.78 is 5.00. The zero-order valence-corrected chi connectivity index (χ0v) is 8.58. The van der Waals surface area contributed by atoms with Crippen LogP contribution in [0.4, 0.5) is 0 Å². The van der Waals surface area contributed by atoms with E-state index < -0.39 is 0 Å². The number of fused-ring (bicyclic) bond motifs is 1. The third kappa shape index (κ3) is 1.66. The molecule has 1 aliphatic rings. The fourth-order valence-electron chi connectivity index (χ4n) is 1.49. The highest BCUT2D eigenvalue weighted by Crippen LogP contribution is 2.25. The Balaban J connectivity index is 2.53. The van der Waals surface area contributed by atoms with Gasteiger partial charge in [0.05, 0.1) is 19.9 Å². The van der Waals surface area contributed by atoms with E-state index in [1.165, 1.54) is 0 Å². The van der Waals surface area contributed by atoms with Gasteiger partial charge in [0, 0.05) is 22.4 Å². The van der Waals surface area contributed by atoms with Crippen LogP contribution < -0.4 is 0 Å². The van der Waals surface area contributed by atoms with E-state index in [2.05, 4.69) is 4.99 Å². The monoisotopic (exact) mass is 207 g/mol. The summed E-state index contributed by atoms with van der Waals surface area (Å²) >= 11 is 5.93. The van der Waals surface area contributed by atoms with Crippen LogP contribution in [0.2, 0.25) is 5.02 Å². The highest BCUT2D eigenvalue weighted by atomic mass is 35.5. The molecule has 0 bridgehead atoms. The van der Waals surface area contributed by atoms with Crippen LogP contribution in [-0.4, -0.2) is 19.9 Å². The molecule has 0 spiro atoms. The quantitative estimate of drug-likeness (QED) is 0.649. The number of hydrogen-bond donors (Lipinski definition) is 0. The summed E-state index contributed by atoms with van der Waals surface area (Å²) in [6.45, 7) is 0.654. The van der Waals surface area contributed by atoms with Gasteiger partial charge in [-0.25, -0.2) is 0 Å². The summed E-state index contributed by atoms with van der Waals surface area (Å²) in [5, 5.41) is 0.737. The molecule has 1 heterocycles. The molecule has 0 aromatic heterocycles. The van der Waals surface area contributed by atoms with Crippen molar-refractivity contribution in [1.82, 2.24) is 0 Å². The van der Waals surface area contributed by atoms with Crippen molar-refractivity contribution in [3.8, 4) is 0 Å². The third-order valence-electron chi connectivity index (χ3n) is 2.11. The topological polar surface area (TPSA) is 21.6 Å². The Morgan fingerprint density at radius 1 is 1.50 bits per heavy atom. The molecule has 0 unspecified atom stereocenters. The molecule has 0 fully saturated rings. The summed E-state index contributed by atoms with van der Waals surface area (Å²) in [5.41, 5.74) is 3.26. The van der Waals surface area contributed by atoms with Crippen LogP contribution in [0.25, 0.3) is 5.57 Å². The highest BCUT2D eigenvalue weighted by Gasteiger charge is 2.11. The summed E-state index contributed by atoms with van der Waals surface area (Å²) in [4.78, 5) is 4.23. The minimum atomic E-state index is 0.654. The van der Waals surface area contributed by atoms with Crippen molar-refractivity contribution < 1.29 is 4.74 Å². The van der Waals surface area contributed by atoms with Gasteiger partial charge in [0.25, 0.3) is 0 Å². The molecule has 1 aliphatic heterocycles. The van der Waals surface area contributed by atoms with Crippen molar-refractivity contribution in [2.45, 2.75) is 0 Å². The highest BCUT2D eigenvalue weighted by molar-refractivity contribution is 6.30. The van der Waals surface area contributed by atoms with E-state index in [9.17, 15) is 0 Å². The molecule has 0 radical (unpaired) electrons. The molecule has 1 aromatic carbocycles. The summed E-state index contributed by atoms with van der Waals surface area (Å²) in [6, 6.07) is 5.76. The Hall–Kier alpha value is -1.28. The molecular weight excluding hydrogens is 198 g/mol. The van der Waals surface area contributed by atoms with Crippen molar-refractivity contribution in [3.05, 3.63) is 40.6 Å². The first-order chi connectivity index (χ1) is 6.81. The van der Waals surface area contributed by atoms with Crippen LogP contribution in [-0.2, 0) is 4.74 Å². The molecule has 0 aliphatic carbocycles. The average Bonchev–Trinajstić information content (AvgIpc) is 2.19. The van der Waals surface area contributed by atoms with Gasteiger partial charge in [-0.2, -0.15) is 0 Å². The maximum absolute atomic E-state index is 5.93. The largest absolute Gasteiger partial charge is 0.504 e. The van der Waals surface area contributed by atoms with E-state index in [0.29, 0.717) is 6.54 Å². The van der Waals surface area contributed by atoms with Crippen molar-refractivity contribution in [2.24, 2.45) is 4.99 Å². The van der Waals surface area contributed by atoms with Crippen molar-refractivity contribution in [3.63, 3.8) is 0 Å². The molecule has 14 heavy (non-hydrogen) atoms. The lowest BCUT2D eigenvalue weighted by Gasteiger charge is -2.13. The summed E-state index contributed by atoms with van der Waals surface area (Å²) in [5.74, 6) is 0. The zero-order chi connectivity index (χ0) is 9.97. The third-order valence-corrected chi connectivity index (χ3v) is 2.35. The van der Waals surface area contributed by atoms with E-state index in [0.717, 1.165) is 21.7 Å². The van der Waals surface area contributed by atoms with Gasteiger partial charge < -0.3 is 4.74 Å². The van der Waals surface area contributed by atoms with E-state index >= 15 is 0 Å². The van der Waals surface area contributed by atoms with E-state index in [1.54, 1.807) is 13.4 Å². The van der Waals surface area contributed by atoms with Gasteiger partial charge in [-0.3, -0.25) is 4.99 Å². The molecule has 2 nitrogen and oxygen atoms in total. The molecule has 0 saturated heterocycles. The molecule has 0 amide bonds. The lowest BCUT2D eigenvalue weighted by Crippen LogP contribution is -2.02. The lowest BCUT2D eigenvalue weighted by atomic mass is 9.99. The number of nitrogens with zero attached hydrogens (tertiary/aromatic N) is 1. The second kappa shape index (κ2) is 3.84. The van der Waals surface area contributed by atoms with Gasteiger partial charge >= 0.3 is 0 Å². The molecule has 0 atom stereocenters. The number of benzene rings is 1. The molecule has 72 valence electrons. The number of hydrogen-bond acceptors (Lipinski definition) is 2. The first-order valence-corrected chi connectivity index (χ1v) is 4.70. The minimum Gasteiger partial charge on any atom is -0.504 e.